The number of pyridine rings is 1. The zero-order valence-corrected chi connectivity index (χ0v) is 16.1. The maximum absolute atomic E-state index is 11.2. The van der Waals surface area contributed by atoms with E-state index in [1.165, 1.54) is 27.3 Å². The topological polar surface area (TPSA) is 71.2 Å². The molecule has 0 saturated heterocycles. The smallest absolute Gasteiger partial charge is 0.178 e. The summed E-state index contributed by atoms with van der Waals surface area (Å²) >= 11 is 8.97. The van der Waals surface area contributed by atoms with Gasteiger partial charge >= 0.3 is 0 Å². The van der Waals surface area contributed by atoms with E-state index in [2.05, 4.69) is 32.9 Å². The molecule has 1 heterocycles. The Bertz CT molecular complexity index is 692. The second-order valence-electron chi connectivity index (χ2n) is 4.62. The van der Waals surface area contributed by atoms with Crippen LogP contribution < -0.4 is 16.2 Å². The molecule has 0 aliphatic heterocycles. The number of hydrogen-bond acceptors (Lipinski definition) is 6. The van der Waals surface area contributed by atoms with Gasteiger partial charge in [0.05, 0.1) is 17.8 Å². The molecule has 0 aliphatic carbocycles. The van der Waals surface area contributed by atoms with Gasteiger partial charge in [0.1, 0.15) is 10.0 Å². The van der Waals surface area contributed by atoms with Gasteiger partial charge in [-0.05, 0) is 59.0 Å². The van der Waals surface area contributed by atoms with E-state index in [1.54, 1.807) is 18.3 Å². The molecule has 2 aromatic rings. The number of halogens is 1. The van der Waals surface area contributed by atoms with Gasteiger partial charge in [0, 0.05) is 16.2 Å². The summed E-state index contributed by atoms with van der Waals surface area (Å²) in [5.41, 5.74) is 2.09. The van der Waals surface area contributed by atoms with Gasteiger partial charge in [0.2, 0.25) is 0 Å². The predicted octanol–water partition coefficient (Wildman–Crippen LogP) is 3.66. The van der Waals surface area contributed by atoms with Gasteiger partial charge in [0.25, 0.3) is 0 Å². The molecule has 5 nitrogen and oxygen atoms in total. The molecule has 0 radical (unpaired) electrons. The molecule has 0 amide bonds. The molecule has 23 heavy (non-hydrogen) atoms. The molecule has 1 aromatic carbocycles. The van der Waals surface area contributed by atoms with Crippen LogP contribution >= 0.6 is 46.6 Å². The van der Waals surface area contributed by atoms with Crippen molar-refractivity contribution in [3.05, 3.63) is 51.9 Å². The molecule has 0 spiro atoms. The number of nitrogens with two attached hydrogens (primary N) is 1. The fourth-order valence-corrected chi connectivity index (χ4v) is 2.89. The molecule has 3 N–H and O–H groups in total. The summed E-state index contributed by atoms with van der Waals surface area (Å²) in [5, 5.41) is 4.68. The Morgan fingerprint density at radius 2 is 2.04 bits per heavy atom. The number of anilines is 2. The first kappa shape index (κ1) is 18.1. The summed E-state index contributed by atoms with van der Waals surface area (Å²) in [4.78, 5) is 15.3. The molecule has 1 aromatic heterocycles. The lowest BCUT2D eigenvalue weighted by Gasteiger charge is -2.18. The number of thiocarbonyl (C=S) groups is 1. The Hall–Kier alpha value is -1.23. The maximum Gasteiger partial charge on any atom is 0.178 e. The van der Waals surface area contributed by atoms with Crippen molar-refractivity contribution in [3.8, 4) is 0 Å². The number of carbonyl (C=O) groups is 1. The van der Waals surface area contributed by atoms with Gasteiger partial charge in [-0.2, -0.15) is 0 Å². The second kappa shape index (κ2) is 8.57. The molecule has 8 heteroatoms. The number of thioether (sulfide) groups is 1. The van der Waals surface area contributed by atoms with Crippen molar-refractivity contribution in [3.63, 3.8) is 0 Å². The van der Waals surface area contributed by atoms with E-state index in [-0.39, 0.29) is 5.78 Å². The molecule has 0 saturated carbocycles. The number of nitrogens with zero attached hydrogens (tertiary/aromatic N) is 2. The number of Topliss-reactive ketones (excluding diaryl/α,β-unsaturated/α-hetero) is 1. The molecule has 0 atom stereocenters. The SMILES string of the molecule is CC(=O)c1ccc(N(N)CSC(=S)Nc2ccc(I)cc2)cn1. The van der Waals surface area contributed by atoms with Gasteiger partial charge in [0.15, 0.2) is 5.78 Å². The van der Waals surface area contributed by atoms with Crippen LogP contribution in [-0.2, 0) is 0 Å². The quantitative estimate of drug-likeness (QED) is 0.177. The fourth-order valence-electron chi connectivity index (χ4n) is 1.65. The van der Waals surface area contributed by atoms with E-state index >= 15 is 0 Å². The number of benzene rings is 1. The highest BCUT2D eigenvalue weighted by Gasteiger charge is 2.07. The minimum Gasteiger partial charge on any atom is -0.341 e. The van der Waals surface area contributed by atoms with E-state index in [4.69, 9.17) is 18.1 Å². The Kier molecular flexibility index (Phi) is 6.75. The van der Waals surface area contributed by atoms with Crippen molar-refractivity contribution in [2.75, 3.05) is 16.2 Å². The average Bonchev–Trinajstić information content (AvgIpc) is 2.55. The van der Waals surface area contributed by atoms with E-state index < -0.39 is 0 Å². The molecule has 0 aliphatic rings. The van der Waals surface area contributed by atoms with Crippen LogP contribution in [0.25, 0.3) is 0 Å². The third kappa shape index (κ3) is 5.72. The minimum atomic E-state index is -0.0719. The van der Waals surface area contributed by atoms with Crippen LogP contribution in [0.5, 0.6) is 0 Å². The first-order valence-corrected chi connectivity index (χ1v) is 9.11. The number of aromatic nitrogens is 1. The van der Waals surface area contributed by atoms with Crippen LogP contribution in [0, 0.1) is 3.57 Å². The molecular formula is C15H15IN4OS2. The summed E-state index contributed by atoms with van der Waals surface area (Å²) in [6.45, 7) is 1.48. The first-order valence-electron chi connectivity index (χ1n) is 6.64. The zero-order valence-electron chi connectivity index (χ0n) is 12.3. The summed E-state index contributed by atoms with van der Waals surface area (Å²) < 4.78 is 1.80. The monoisotopic (exact) mass is 458 g/mol. The van der Waals surface area contributed by atoms with Crippen LogP contribution in [0.15, 0.2) is 42.6 Å². The normalized spacial score (nSPS) is 10.2. The first-order chi connectivity index (χ1) is 11.0. The average molecular weight is 458 g/mol. The van der Waals surface area contributed by atoms with Crippen molar-refractivity contribution in [2.45, 2.75) is 6.92 Å². The third-order valence-electron chi connectivity index (χ3n) is 2.87. The van der Waals surface area contributed by atoms with Crippen molar-refractivity contribution < 1.29 is 4.79 Å². The molecule has 0 fully saturated rings. The predicted molar refractivity (Wildman–Crippen MR) is 109 cm³/mol. The van der Waals surface area contributed by atoms with Gasteiger partial charge < -0.3 is 5.32 Å². The summed E-state index contributed by atoms with van der Waals surface area (Å²) in [5.74, 6) is 6.38. The van der Waals surface area contributed by atoms with Crippen molar-refractivity contribution in [1.29, 1.82) is 0 Å². The lowest BCUT2D eigenvalue weighted by atomic mass is 10.2. The number of hydrazine groups is 1. The Morgan fingerprint density at radius 1 is 1.35 bits per heavy atom. The van der Waals surface area contributed by atoms with Crippen LogP contribution in [0.2, 0.25) is 0 Å². The van der Waals surface area contributed by atoms with E-state index in [1.807, 2.05) is 24.3 Å². The maximum atomic E-state index is 11.2. The van der Waals surface area contributed by atoms with E-state index in [0.29, 0.717) is 15.9 Å². The Labute approximate surface area is 158 Å². The van der Waals surface area contributed by atoms with Crippen LogP contribution in [-0.4, -0.2) is 21.0 Å². The standard InChI is InChI=1S/C15H15IN4OS2/c1-10(21)14-7-6-13(8-18-14)20(17)9-23-15(22)19-12-4-2-11(16)3-5-12/h2-8H,9,17H2,1H3,(H,19,22). The van der Waals surface area contributed by atoms with Gasteiger partial charge in [-0.15, -0.1) is 0 Å². The van der Waals surface area contributed by atoms with Crippen molar-refractivity contribution >= 4 is 68.0 Å². The highest BCUT2D eigenvalue weighted by atomic mass is 127. The van der Waals surface area contributed by atoms with Gasteiger partial charge in [-0.25, -0.2) is 5.84 Å². The molecular weight excluding hydrogens is 443 g/mol. The van der Waals surface area contributed by atoms with Gasteiger partial charge in [-0.1, -0.05) is 24.0 Å². The molecule has 120 valence electrons. The number of rotatable bonds is 5. The highest BCUT2D eigenvalue weighted by molar-refractivity contribution is 14.1. The molecule has 0 unspecified atom stereocenters. The second-order valence-corrected chi connectivity index (χ2v) is 7.49. The highest BCUT2D eigenvalue weighted by Crippen LogP contribution is 2.17. The van der Waals surface area contributed by atoms with Crippen LogP contribution in [0.3, 0.4) is 0 Å². The molecule has 2 rings (SSSR count). The van der Waals surface area contributed by atoms with Crippen molar-refractivity contribution in [2.24, 2.45) is 5.84 Å². The lowest BCUT2D eigenvalue weighted by Crippen LogP contribution is -2.31. The molecule has 0 bridgehead atoms. The number of ketones is 1. The third-order valence-corrected chi connectivity index (χ3v) is 4.81. The largest absolute Gasteiger partial charge is 0.341 e. The summed E-state index contributed by atoms with van der Waals surface area (Å²) in [6.07, 6.45) is 1.58. The van der Waals surface area contributed by atoms with Crippen LogP contribution in [0.1, 0.15) is 17.4 Å². The zero-order chi connectivity index (χ0) is 16.8. The Morgan fingerprint density at radius 3 is 2.61 bits per heavy atom. The Balaban J connectivity index is 1.85. The lowest BCUT2D eigenvalue weighted by molar-refractivity contribution is 0.101. The number of nitrogens with one attached hydrogen (secondary N) is 1. The fraction of sp³-hybridized carbons (Fsp3) is 0.133. The minimum absolute atomic E-state index is 0.0719. The number of hydrogen-bond donors (Lipinski definition) is 2. The summed E-state index contributed by atoms with van der Waals surface area (Å²) in [6, 6.07) is 11.4. The van der Waals surface area contributed by atoms with Crippen LogP contribution in [0.4, 0.5) is 11.4 Å². The summed E-state index contributed by atoms with van der Waals surface area (Å²) in [7, 11) is 0. The van der Waals surface area contributed by atoms with E-state index in [9.17, 15) is 4.79 Å². The van der Waals surface area contributed by atoms with Crippen molar-refractivity contribution in [1.82, 2.24) is 4.98 Å². The van der Waals surface area contributed by atoms with Gasteiger partial charge in [-0.3, -0.25) is 14.8 Å². The van der Waals surface area contributed by atoms with E-state index in [0.717, 1.165) is 11.4 Å². The number of carbonyl (C=O) groups excluding carboxylic acids is 1.